The lowest BCUT2D eigenvalue weighted by Crippen LogP contribution is -2.14. The summed E-state index contributed by atoms with van der Waals surface area (Å²) in [6.45, 7) is 0. The molecule has 86 valence electrons. The maximum absolute atomic E-state index is 11.3. The molecule has 2 N–H and O–H groups in total. The van der Waals surface area contributed by atoms with Crippen LogP contribution in [0.2, 0.25) is 5.02 Å². The number of carboxylic acid groups (broad SMARTS) is 1. The summed E-state index contributed by atoms with van der Waals surface area (Å²) in [5.41, 5.74) is 0.407. The van der Waals surface area contributed by atoms with Crippen LogP contribution in [0.25, 0.3) is 0 Å². The van der Waals surface area contributed by atoms with Gasteiger partial charge in [-0.3, -0.25) is 4.79 Å². The zero-order valence-electron chi connectivity index (χ0n) is 8.49. The van der Waals surface area contributed by atoms with Crippen LogP contribution in [0.1, 0.15) is 10.4 Å². The highest BCUT2D eigenvalue weighted by Gasteiger charge is 2.09. The van der Waals surface area contributed by atoms with Crippen molar-refractivity contribution in [2.45, 2.75) is 0 Å². The molecular formula is C10H10ClNO3S. The first-order valence-electron chi connectivity index (χ1n) is 4.36. The fourth-order valence-corrected chi connectivity index (χ4v) is 1.57. The number of carbonyl (C=O) groups is 2. The molecule has 0 unspecified atom stereocenters. The molecule has 0 fully saturated rings. The van der Waals surface area contributed by atoms with E-state index in [9.17, 15) is 9.59 Å². The van der Waals surface area contributed by atoms with Crippen LogP contribution < -0.4 is 5.32 Å². The Hall–Kier alpha value is -1.20. The molecule has 0 bridgehead atoms. The monoisotopic (exact) mass is 259 g/mol. The zero-order chi connectivity index (χ0) is 12.1. The molecule has 0 aliphatic carbocycles. The van der Waals surface area contributed by atoms with Crippen molar-refractivity contribution < 1.29 is 14.7 Å². The Bertz CT molecular complexity index is 423. The number of hydrogen-bond donors (Lipinski definition) is 2. The number of carbonyl (C=O) groups excluding carboxylic acids is 1. The van der Waals surface area contributed by atoms with E-state index in [0.29, 0.717) is 16.5 Å². The van der Waals surface area contributed by atoms with Crippen LogP contribution in [0.15, 0.2) is 18.2 Å². The molecule has 0 aromatic heterocycles. The molecule has 0 heterocycles. The average molecular weight is 260 g/mol. The lowest BCUT2D eigenvalue weighted by molar-refractivity contribution is -0.113. The van der Waals surface area contributed by atoms with Crippen LogP contribution in [-0.2, 0) is 4.79 Å². The number of thioether (sulfide) groups is 1. The third-order valence-corrected chi connectivity index (χ3v) is 2.64. The van der Waals surface area contributed by atoms with Gasteiger partial charge >= 0.3 is 5.97 Å². The molecule has 1 amide bonds. The van der Waals surface area contributed by atoms with Crippen molar-refractivity contribution in [3.8, 4) is 0 Å². The van der Waals surface area contributed by atoms with Gasteiger partial charge in [-0.1, -0.05) is 11.6 Å². The van der Waals surface area contributed by atoms with Gasteiger partial charge in [0.1, 0.15) is 0 Å². The van der Waals surface area contributed by atoms with E-state index in [0.717, 1.165) is 0 Å². The Morgan fingerprint density at radius 1 is 1.50 bits per heavy atom. The van der Waals surface area contributed by atoms with Crippen LogP contribution in [-0.4, -0.2) is 29.0 Å². The van der Waals surface area contributed by atoms with Crippen LogP contribution >= 0.6 is 23.4 Å². The van der Waals surface area contributed by atoms with E-state index >= 15 is 0 Å². The molecule has 16 heavy (non-hydrogen) atoms. The predicted octanol–water partition coefficient (Wildman–Crippen LogP) is 2.34. The van der Waals surface area contributed by atoms with Crippen molar-refractivity contribution >= 4 is 40.9 Å². The molecule has 1 aromatic carbocycles. The van der Waals surface area contributed by atoms with Crippen molar-refractivity contribution in [2.75, 3.05) is 17.3 Å². The molecule has 4 nitrogen and oxygen atoms in total. The Morgan fingerprint density at radius 3 is 2.75 bits per heavy atom. The van der Waals surface area contributed by atoms with Gasteiger partial charge in [0.05, 0.1) is 22.0 Å². The van der Waals surface area contributed by atoms with Crippen molar-refractivity contribution in [1.29, 1.82) is 0 Å². The second kappa shape index (κ2) is 5.77. The molecule has 0 aliphatic heterocycles. The first kappa shape index (κ1) is 12.9. The van der Waals surface area contributed by atoms with Gasteiger partial charge in [-0.2, -0.15) is 11.8 Å². The number of amides is 1. The fraction of sp³-hybridized carbons (Fsp3) is 0.200. The minimum atomic E-state index is -1.06. The summed E-state index contributed by atoms with van der Waals surface area (Å²) in [4.78, 5) is 22.0. The molecule has 6 heteroatoms. The average Bonchev–Trinajstić information content (AvgIpc) is 2.21. The van der Waals surface area contributed by atoms with E-state index in [-0.39, 0.29) is 11.5 Å². The topological polar surface area (TPSA) is 66.4 Å². The Labute approximate surface area is 102 Å². The molecular weight excluding hydrogens is 250 g/mol. The van der Waals surface area contributed by atoms with Gasteiger partial charge in [0.15, 0.2) is 0 Å². The maximum atomic E-state index is 11.3. The van der Waals surface area contributed by atoms with Crippen LogP contribution in [0.5, 0.6) is 0 Å². The molecule has 1 aromatic rings. The van der Waals surface area contributed by atoms with E-state index in [2.05, 4.69) is 5.32 Å². The summed E-state index contributed by atoms with van der Waals surface area (Å²) >= 11 is 7.20. The summed E-state index contributed by atoms with van der Waals surface area (Å²) in [6.07, 6.45) is 1.80. The SMILES string of the molecule is CSCC(=O)Nc1cc(C(=O)O)ccc1Cl. The molecule has 0 spiro atoms. The number of halogens is 1. The second-order valence-corrected chi connectivity index (χ2v) is 4.25. The Kier molecular flexibility index (Phi) is 4.64. The van der Waals surface area contributed by atoms with E-state index < -0.39 is 5.97 Å². The third kappa shape index (κ3) is 3.43. The predicted molar refractivity (Wildman–Crippen MR) is 65.4 cm³/mol. The summed E-state index contributed by atoms with van der Waals surface area (Å²) < 4.78 is 0. The van der Waals surface area contributed by atoms with Crippen LogP contribution in [0.3, 0.4) is 0 Å². The number of benzene rings is 1. The first-order valence-corrected chi connectivity index (χ1v) is 6.13. The highest BCUT2D eigenvalue weighted by molar-refractivity contribution is 7.99. The maximum Gasteiger partial charge on any atom is 0.335 e. The van der Waals surface area contributed by atoms with E-state index in [1.165, 1.54) is 30.0 Å². The minimum Gasteiger partial charge on any atom is -0.478 e. The number of aromatic carboxylic acids is 1. The van der Waals surface area contributed by atoms with Crippen LogP contribution in [0, 0.1) is 0 Å². The summed E-state index contributed by atoms with van der Waals surface area (Å²) in [5.74, 6) is -0.970. The molecule has 0 radical (unpaired) electrons. The second-order valence-electron chi connectivity index (χ2n) is 2.98. The third-order valence-electron chi connectivity index (χ3n) is 1.76. The van der Waals surface area contributed by atoms with Crippen molar-refractivity contribution in [3.63, 3.8) is 0 Å². The lowest BCUT2D eigenvalue weighted by atomic mass is 10.2. The number of anilines is 1. The Morgan fingerprint density at radius 2 is 2.19 bits per heavy atom. The number of rotatable bonds is 4. The zero-order valence-corrected chi connectivity index (χ0v) is 10.1. The van der Waals surface area contributed by atoms with Gasteiger partial charge in [0, 0.05) is 0 Å². The van der Waals surface area contributed by atoms with Gasteiger partial charge in [0.25, 0.3) is 0 Å². The van der Waals surface area contributed by atoms with Gasteiger partial charge < -0.3 is 10.4 Å². The smallest absolute Gasteiger partial charge is 0.335 e. The van der Waals surface area contributed by atoms with Gasteiger partial charge in [-0.25, -0.2) is 4.79 Å². The highest BCUT2D eigenvalue weighted by Crippen LogP contribution is 2.23. The molecule has 0 atom stereocenters. The van der Waals surface area contributed by atoms with Gasteiger partial charge in [-0.05, 0) is 24.5 Å². The van der Waals surface area contributed by atoms with E-state index in [1.807, 2.05) is 0 Å². The summed E-state index contributed by atoms with van der Waals surface area (Å²) in [7, 11) is 0. The van der Waals surface area contributed by atoms with Gasteiger partial charge in [0.2, 0.25) is 5.91 Å². The van der Waals surface area contributed by atoms with E-state index in [1.54, 1.807) is 6.26 Å². The van der Waals surface area contributed by atoms with Crippen molar-refractivity contribution in [3.05, 3.63) is 28.8 Å². The normalized spacial score (nSPS) is 9.88. The lowest BCUT2D eigenvalue weighted by Gasteiger charge is -2.07. The summed E-state index contributed by atoms with van der Waals surface area (Å²) in [6, 6.07) is 4.16. The molecule has 0 saturated heterocycles. The van der Waals surface area contributed by atoms with Gasteiger partial charge in [-0.15, -0.1) is 0 Å². The molecule has 1 rings (SSSR count). The number of nitrogens with one attached hydrogen (secondary N) is 1. The van der Waals surface area contributed by atoms with Crippen molar-refractivity contribution in [2.24, 2.45) is 0 Å². The quantitative estimate of drug-likeness (QED) is 0.871. The summed E-state index contributed by atoms with van der Waals surface area (Å²) in [5, 5.41) is 11.6. The van der Waals surface area contributed by atoms with Crippen LogP contribution in [0.4, 0.5) is 5.69 Å². The molecule has 0 aliphatic rings. The fourth-order valence-electron chi connectivity index (χ4n) is 1.07. The largest absolute Gasteiger partial charge is 0.478 e. The van der Waals surface area contributed by atoms with E-state index in [4.69, 9.17) is 16.7 Å². The first-order chi connectivity index (χ1) is 7.54. The van der Waals surface area contributed by atoms with Crippen molar-refractivity contribution in [1.82, 2.24) is 0 Å². The Balaban J connectivity index is 2.90. The molecule has 0 saturated carbocycles. The standard InChI is InChI=1S/C10H10ClNO3S/c1-16-5-9(13)12-8-4-6(10(14)15)2-3-7(8)11/h2-4H,5H2,1H3,(H,12,13)(H,14,15). The minimum absolute atomic E-state index is 0.0869. The highest BCUT2D eigenvalue weighted by atomic mass is 35.5. The number of carboxylic acids is 1. The number of hydrogen-bond acceptors (Lipinski definition) is 3.